The topological polar surface area (TPSA) is 35.5 Å². The summed E-state index contributed by atoms with van der Waals surface area (Å²) in [5.74, 6) is 0. The lowest BCUT2D eigenvalue weighted by Gasteiger charge is -2.22. The summed E-state index contributed by atoms with van der Waals surface area (Å²) < 4.78 is 0. The van der Waals surface area contributed by atoms with Gasteiger partial charge in [-0.15, -0.1) is 0 Å². The van der Waals surface area contributed by atoms with Crippen LogP contribution in [-0.4, -0.2) is 30.8 Å². The number of nitrogens with one attached hydrogen (secondary N) is 1. The smallest absolute Gasteiger partial charge is 0.0431 e. The van der Waals surface area contributed by atoms with Gasteiger partial charge in [0.15, 0.2) is 0 Å². The zero-order valence-electron chi connectivity index (χ0n) is 13.4. The molecule has 0 atom stereocenters. The first-order valence-electron chi connectivity index (χ1n) is 7.58. The first kappa shape index (κ1) is 17.0. The molecule has 2 N–H and O–H groups in total. The molecule has 0 fully saturated rings. The number of rotatable bonds is 8. The Labute approximate surface area is 124 Å². The third kappa shape index (κ3) is 6.92. The third-order valence-electron chi connectivity index (χ3n) is 3.35. The van der Waals surface area contributed by atoms with Gasteiger partial charge in [0, 0.05) is 38.0 Å². The van der Waals surface area contributed by atoms with Gasteiger partial charge in [-0.05, 0) is 57.7 Å². The predicted molar refractivity (Wildman–Crippen MR) is 87.2 cm³/mol. The van der Waals surface area contributed by atoms with Crippen LogP contribution < -0.4 is 10.2 Å². The second-order valence-corrected chi connectivity index (χ2v) is 6.48. The molecule has 0 saturated heterocycles. The largest absolute Gasteiger partial charge is 0.396 e. The van der Waals surface area contributed by atoms with E-state index in [0.717, 1.165) is 32.4 Å². The molecule has 0 aromatic heterocycles. The van der Waals surface area contributed by atoms with E-state index in [1.54, 1.807) is 0 Å². The summed E-state index contributed by atoms with van der Waals surface area (Å²) in [6.45, 7) is 8.80. The highest BCUT2D eigenvalue weighted by atomic mass is 16.2. The zero-order chi connectivity index (χ0) is 15.0. The minimum atomic E-state index is 0.155. The fourth-order valence-corrected chi connectivity index (χ4v) is 2.00. The van der Waals surface area contributed by atoms with Crippen molar-refractivity contribution in [2.45, 2.75) is 52.1 Å². The highest BCUT2D eigenvalue weighted by Gasteiger charge is 2.08. The number of unbranched alkanes of at least 4 members (excludes halogenated alkanes) is 2. The van der Waals surface area contributed by atoms with Gasteiger partial charge in [0.05, 0.1) is 0 Å². The second kappa shape index (κ2) is 8.28. The number of aliphatic hydroxyl groups is 1. The molecule has 3 heteroatoms. The van der Waals surface area contributed by atoms with Crippen molar-refractivity contribution >= 4 is 5.69 Å². The van der Waals surface area contributed by atoms with Gasteiger partial charge >= 0.3 is 0 Å². The van der Waals surface area contributed by atoms with Crippen LogP contribution in [0.25, 0.3) is 0 Å². The molecule has 1 aromatic carbocycles. The van der Waals surface area contributed by atoms with Gasteiger partial charge in [-0.25, -0.2) is 0 Å². The van der Waals surface area contributed by atoms with Gasteiger partial charge in [-0.2, -0.15) is 0 Å². The summed E-state index contributed by atoms with van der Waals surface area (Å²) in [5.41, 5.74) is 2.73. The summed E-state index contributed by atoms with van der Waals surface area (Å²) in [7, 11) is 2.13. The number of benzene rings is 1. The quantitative estimate of drug-likeness (QED) is 0.717. The number of aliphatic hydroxyl groups excluding tert-OH is 1. The molecule has 0 unspecified atom stereocenters. The number of anilines is 1. The van der Waals surface area contributed by atoms with E-state index in [4.69, 9.17) is 5.11 Å². The van der Waals surface area contributed by atoms with Crippen LogP contribution in [0.5, 0.6) is 0 Å². The molecule has 0 aliphatic rings. The molecular weight excluding hydrogens is 248 g/mol. The molecule has 0 saturated carbocycles. The molecule has 0 heterocycles. The van der Waals surface area contributed by atoms with Crippen molar-refractivity contribution in [1.82, 2.24) is 5.32 Å². The van der Waals surface area contributed by atoms with E-state index in [-0.39, 0.29) is 5.54 Å². The minimum absolute atomic E-state index is 0.155. The standard InChI is InChI=1S/C17H30N2O/c1-17(2,3)18-14-15-8-10-16(11-9-15)19(4)12-6-5-7-13-20/h8-11,18,20H,5-7,12-14H2,1-4H3. The minimum Gasteiger partial charge on any atom is -0.396 e. The fourth-order valence-electron chi connectivity index (χ4n) is 2.00. The summed E-state index contributed by atoms with van der Waals surface area (Å²) in [6.07, 6.45) is 3.13. The molecule has 20 heavy (non-hydrogen) atoms. The van der Waals surface area contributed by atoms with E-state index in [2.05, 4.69) is 62.3 Å². The molecule has 0 spiro atoms. The van der Waals surface area contributed by atoms with Crippen LogP contribution >= 0.6 is 0 Å². The zero-order valence-corrected chi connectivity index (χ0v) is 13.4. The molecule has 0 amide bonds. The lowest BCUT2D eigenvalue weighted by molar-refractivity contribution is 0.283. The van der Waals surface area contributed by atoms with Gasteiger partial charge in [-0.1, -0.05) is 12.1 Å². The van der Waals surface area contributed by atoms with Crippen molar-refractivity contribution in [3.63, 3.8) is 0 Å². The van der Waals surface area contributed by atoms with Crippen LogP contribution in [0.2, 0.25) is 0 Å². The SMILES string of the molecule is CN(CCCCCO)c1ccc(CNC(C)(C)C)cc1. The highest BCUT2D eigenvalue weighted by molar-refractivity contribution is 5.46. The molecule has 0 bridgehead atoms. The highest BCUT2D eigenvalue weighted by Crippen LogP contribution is 2.15. The monoisotopic (exact) mass is 278 g/mol. The normalized spacial score (nSPS) is 11.7. The Morgan fingerprint density at radius 1 is 1.05 bits per heavy atom. The van der Waals surface area contributed by atoms with E-state index in [1.807, 2.05) is 0 Å². The van der Waals surface area contributed by atoms with Crippen LogP contribution in [0.4, 0.5) is 5.69 Å². The van der Waals surface area contributed by atoms with Gasteiger partial charge in [0.2, 0.25) is 0 Å². The molecule has 0 aliphatic carbocycles. The van der Waals surface area contributed by atoms with Crippen molar-refractivity contribution in [2.75, 3.05) is 25.1 Å². The fraction of sp³-hybridized carbons (Fsp3) is 0.647. The van der Waals surface area contributed by atoms with Crippen molar-refractivity contribution < 1.29 is 5.11 Å². The summed E-state index contributed by atoms with van der Waals surface area (Å²) >= 11 is 0. The van der Waals surface area contributed by atoms with Crippen molar-refractivity contribution in [3.05, 3.63) is 29.8 Å². The van der Waals surface area contributed by atoms with Crippen LogP contribution in [0, 0.1) is 0 Å². The van der Waals surface area contributed by atoms with E-state index in [0.29, 0.717) is 6.61 Å². The maximum absolute atomic E-state index is 8.77. The summed E-state index contributed by atoms with van der Waals surface area (Å²) in [6, 6.07) is 8.76. The molecule has 3 nitrogen and oxygen atoms in total. The van der Waals surface area contributed by atoms with Crippen LogP contribution in [0.15, 0.2) is 24.3 Å². The van der Waals surface area contributed by atoms with Gasteiger partial charge < -0.3 is 15.3 Å². The molecule has 1 aromatic rings. The average molecular weight is 278 g/mol. The van der Waals surface area contributed by atoms with E-state index >= 15 is 0 Å². The third-order valence-corrected chi connectivity index (χ3v) is 3.35. The average Bonchev–Trinajstić information content (AvgIpc) is 2.41. The van der Waals surface area contributed by atoms with Gasteiger partial charge in [-0.3, -0.25) is 0 Å². The second-order valence-electron chi connectivity index (χ2n) is 6.48. The lowest BCUT2D eigenvalue weighted by Crippen LogP contribution is -2.35. The maximum atomic E-state index is 8.77. The summed E-state index contributed by atoms with van der Waals surface area (Å²) in [4.78, 5) is 2.28. The summed E-state index contributed by atoms with van der Waals surface area (Å²) in [5, 5.41) is 12.3. The van der Waals surface area contributed by atoms with Crippen molar-refractivity contribution in [1.29, 1.82) is 0 Å². The Morgan fingerprint density at radius 2 is 1.70 bits per heavy atom. The first-order chi connectivity index (χ1) is 9.42. The van der Waals surface area contributed by atoms with E-state index < -0.39 is 0 Å². The Balaban J connectivity index is 2.41. The van der Waals surface area contributed by atoms with Crippen molar-refractivity contribution in [2.24, 2.45) is 0 Å². The maximum Gasteiger partial charge on any atom is 0.0431 e. The molecule has 114 valence electrons. The van der Waals surface area contributed by atoms with Gasteiger partial charge in [0.25, 0.3) is 0 Å². The van der Waals surface area contributed by atoms with Crippen LogP contribution in [-0.2, 0) is 6.54 Å². The van der Waals surface area contributed by atoms with Crippen LogP contribution in [0.1, 0.15) is 45.6 Å². The Bertz CT molecular complexity index is 368. The van der Waals surface area contributed by atoms with Crippen molar-refractivity contribution in [3.8, 4) is 0 Å². The molecular formula is C17H30N2O. The number of nitrogens with zero attached hydrogens (tertiary/aromatic N) is 1. The van der Waals surface area contributed by atoms with Gasteiger partial charge in [0.1, 0.15) is 0 Å². The van der Waals surface area contributed by atoms with Crippen LogP contribution in [0.3, 0.4) is 0 Å². The lowest BCUT2D eigenvalue weighted by atomic mass is 10.1. The number of hydrogen-bond donors (Lipinski definition) is 2. The molecule has 1 rings (SSSR count). The van der Waals surface area contributed by atoms with E-state index in [9.17, 15) is 0 Å². The Hall–Kier alpha value is -1.06. The first-order valence-corrected chi connectivity index (χ1v) is 7.58. The predicted octanol–water partition coefficient (Wildman–Crippen LogP) is 3.17. The Morgan fingerprint density at radius 3 is 2.25 bits per heavy atom. The number of hydrogen-bond acceptors (Lipinski definition) is 3. The molecule has 0 radical (unpaired) electrons. The van der Waals surface area contributed by atoms with E-state index in [1.165, 1.54) is 11.3 Å². The molecule has 0 aliphatic heterocycles. The Kier molecular flexibility index (Phi) is 7.03.